The molecule has 0 spiro atoms. The van der Waals surface area contributed by atoms with Gasteiger partial charge >= 0.3 is 5.97 Å². The van der Waals surface area contributed by atoms with E-state index >= 15 is 0 Å². The Morgan fingerprint density at radius 1 is 1.11 bits per heavy atom. The Morgan fingerprint density at radius 3 is 2.56 bits per heavy atom. The molecule has 2 N–H and O–H groups in total. The van der Waals surface area contributed by atoms with Crippen molar-refractivity contribution in [2.24, 2.45) is 0 Å². The van der Waals surface area contributed by atoms with E-state index in [0.29, 0.717) is 12.0 Å². The largest absolute Gasteiger partial charge is 0.478 e. The van der Waals surface area contributed by atoms with Gasteiger partial charge in [0.15, 0.2) is 0 Å². The number of aliphatic hydroxyl groups is 1. The Hall–Kier alpha value is -2.13. The maximum atomic E-state index is 10.9. The minimum atomic E-state index is -0.913. The zero-order valence-electron chi connectivity index (χ0n) is 9.84. The number of carboxylic acids is 1. The zero-order valence-corrected chi connectivity index (χ0v) is 9.84. The zero-order chi connectivity index (χ0) is 13.0. The molecular formula is C15H14O3. The third-order valence-corrected chi connectivity index (χ3v) is 2.72. The lowest BCUT2D eigenvalue weighted by Gasteiger charge is -2.01. The average molecular weight is 242 g/mol. The number of aliphatic hydroxyl groups excluding tert-OH is 1. The fourth-order valence-electron chi connectivity index (χ4n) is 1.79. The van der Waals surface area contributed by atoms with Crippen LogP contribution < -0.4 is 0 Å². The summed E-state index contributed by atoms with van der Waals surface area (Å²) < 4.78 is 0. The molecule has 0 heterocycles. The summed E-state index contributed by atoms with van der Waals surface area (Å²) in [5.74, 6) is -0.913. The first-order chi connectivity index (χ1) is 8.70. The van der Waals surface area contributed by atoms with Crippen molar-refractivity contribution in [1.29, 1.82) is 0 Å². The van der Waals surface area contributed by atoms with Crippen molar-refractivity contribution in [3.8, 4) is 0 Å². The SMILES string of the molecule is O=C(O)c1ccc2cc(C=CCCO)ccc2c1. The predicted octanol–water partition coefficient (Wildman–Crippen LogP) is 2.93. The number of hydrogen-bond donors (Lipinski definition) is 2. The van der Waals surface area contributed by atoms with E-state index in [-0.39, 0.29) is 6.61 Å². The molecule has 0 aliphatic carbocycles. The molecule has 0 radical (unpaired) electrons. The quantitative estimate of drug-likeness (QED) is 0.866. The highest BCUT2D eigenvalue weighted by molar-refractivity contribution is 5.94. The van der Waals surface area contributed by atoms with Crippen LogP contribution >= 0.6 is 0 Å². The Kier molecular flexibility index (Phi) is 3.75. The highest BCUT2D eigenvalue weighted by Crippen LogP contribution is 2.19. The molecule has 92 valence electrons. The first kappa shape index (κ1) is 12.3. The Bertz CT molecular complexity index is 600. The molecule has 0 bridgehead atoms. The van der Waals surface area contributed by atoms with E-state index in [0.717, 1.165) is 16.3 Å². The molecule has 2 aromatic carbocycles. The van der Waals surface area contributed by atoms with E-state index in [1.165, 1.54) is 0 Å². The number of hydrogen-bond acceptors (Lipinski definition) is 2. The Morgan fingerprint density at radius 2 is 1.83 bits per heavy atom. The Labute approximate surface area is 105 Å². The van der Waals surface area contributed by atoms with Gasteiger partial charge < -0.3 is 10.2 Å². The molecule has 2 rings (SSSR count). The van der Waals surface area contributed by atoms with Crippen molar-refractivity contribution in [2.75, 3.05) is 6.61 Å². The third kappa shape index (κ3) is 2.76. The minimum absolute atomic E-state index is 0.145. The van der Waals surface area contributed by atoms with Gasteiger partial charge in [0, 0.05) is 6.61 Å². The minimum Gasteiger partial charge on any atom is -0.478 e. The topological polar surface area (TPSA) is 57.5 Å². The molecule has 0 aromatic heterocycles. The summed E-state index contributed by atoms with van der Waals surface area (Å²) in [5.41, 5.74) is 1.34. The number of carboxylic acid groups (broad SMARTS) is 1. The highest BCUT2D eigenvalue weighted by Gasteiger charge is 2.03. The lowest BCUT2D eigenvalue weighted by molar-refractivity contribution is 0.0697. The smallest absolute Gasteiger partial charge is 0.335 e. The average Bonchev–Trinajstić information content (AvgIpc) is 2.38. The molecule has 0 aliphatic heterocycles. The van der Waals surface area contributed by atoms with Crippen molar-refractivity contribution < 1.29 is 15.0 Å². The van der Waals surface area contributed by atoms with Gasteiger partial charge in [0.2, 0.25) is 0 Å². The van der Waals surface area contributed by atoms with Gasteiger partial charge in [-0.05, 0) is 41.0 Å². The molecule has 0 fully saturated rings. The lowest BCUT2D eigenvalue weighted by Crippen LogP contribution is -1.95. The predicted molar refractivity (Wildman–Crippen MR) is 71.6 cm³/mol. The van der Waals surface area contributed by atoms with E-state index in [1.807, 2.05) is 36.4 Å². The van der Waals surface area contributed by atoms with E-state index in [1.54, 1.807) is 12.1 Å². The molecule has 18 heavy (non-hydrogen) atoms. The maximum absolute atomic E-state index is 10.9. The number of fused-ring (bicyclic) bond motifs is 1. The molecule has 0 saturated carbocycles. The van der Waals surface area contributed by atoms with Crippen molar-refractivity contribution in [3.05, 3.63) is 53.6 Å². The van der Waals surface area contributed by atoms with Gasteiger partial charge in [0.25, 0.3) is 0 Å². The van der Waals surface area contributed by atoms with E-state index in [2.05, 4.69) is 0 Å². The van der Waals surface area contributed by atoms with Crippen LogP contribution in [-0.2, 0) is 0 Å². The van der Waals surface area contributed by atoms with Gasteiger partial charge in [0.05, 0.1) is 5.56 Å². The summed E-state index contributed by atoms with van der Waals surface area (Å²) >= 11 is 0. The van der Waals surface area contributed by atoms with Crippen molar-refractivity contribution >= 4 is 22.8 Å². The van der Waals surface area contributed by atoms with Gasteiger partial charge in [-0.2, -0.15) is 0 Å². The Balaban J connectivity index is 2.35. The summed E-state index contributed by atoms with van der Waals surface area (Å²) in [4.78, 5) is 10.9. The fraction of sp³-hybridized carbons (Fsp3) is 0.133. The van der Waals surface area contributed by atoms with Crippen molar-refractivity contribution in [1.82, 2.24) is 0 Å². The van der Waals surface area contributed by atoms with E-state index in [9.17, 15) is 4.79 Å². The molecule has 0 amide bonds. The van der Waals surface area contributed by atoms with E-state index in [4.69, 9.17) is 10.2 Å². The summed E-state index contributed by atoms with van der Waals surface area (Å²) in [6.45, 7) is 0.145. The highest BCUT2D eigenvalue weighted by atomic mass is 16.4. The molecule has 0 aliphatic rings. The van der Waals surface area contributed by atoms with E-state index < -0.39 is 5.97 Å². The molecule has 3 nitrogen and oxygen atoms in total. The molecule has 3 heteroatoms. The van der Waals surface area contributed by atoms with Crippen LogP contribution in [-0.4, -0.2) is 22.8 Å². The third-order valence-electron chi connectivity index (χ3n) is 2.72. The number of benzene rings is 2. The summed E-state index contributed by atoms with van der Waals surface area (Å²) in [5, 5.41) is 19.5. The van der Waals surface area contributed by atoms with Crippen LogP contribution in [0.25, 0.3) is 16.8 Å². The standard InChI is InChI=1S/C15H14O3/c16-8-2-1-3-11-4-5-13-10-14(15(17)18)7-6-12(13)9-11/h1,3-7,9-10,16H,2,8H2,(H,17,18). The van der Waals surface area contributed by atoms with Crippen LogP contribution in [0.5, 0.6) is 0 Å². The lowest BCUT2D eigenvalue weighted by atomic mass is 10.0. The molecule has 0 unspecified atom stereocenters. The van der Waals surface area contributed by atoms with Crippen LogP contribution in [0.1, 0.15) is 22.3 Å². The van der Waals surface area contributed by atoms with Crippen molar-refractivity contribution in [2.45, 2.75) is 6.42 Å². The second-order valence-corrected chi connectivity index (χ2v) is 4.04. The molecule has 0 atom stereocenters. The first-order valence-electron chi connectivity index (χ1n) is 5.75. The van der Waals surface area contributed by atoms with Crippen LogP contribution in [0, 0.1) is 0 Å². The summed E-state index contributed by atoms with van der Waals surface area (Å²) in [7, 11) is 0. The number of carbonyl (C=O) groups is 1. The number of aromatic carboxylic acids is 1. The molecule has 2 aromatic rings. The van der Waals surface area contributed by atoms with Crippen LogP contribution in [0.3, 0.4) is 0 Å². The second kappa shape index (κ2) is 5.47. The molecule has 0 saturated heterocycles. The van der Waals surface area contributed by atoms with Gasteiger partial charge in [0.1, 0.15) is 0 Å². The van der Waals surface area contributed by atoms with Gasteiger partial charge in [-0.3, -0.25) is 0 Å². The maximum Gasteiger partial charge on any atom is 0.335 e. The fourth-order valence-corrected chi connectivity index (χ4v) is 1.79. The van der Waals surface area contributed by atoms with Crippen molar-refractivity contribution in [3.63, 3.8) is 0 Å². The summed E-state index contributed by atoms with van der Waals surface area (Å²) in [6.07, 6.45) is 4.49. The normalized spacial score (nSPS) is 11.2. The van der Waals surface area contributed by atoms with Gasteiger partial charge in [-0.1, -0.05) is 30.4 Å². The van der Waals surface area contributed by atoms with Gasteiger partial charge in [-0.25, -0.2) is 4.79 Å². The van der Waals surface area contributed by atoms with Gasteiger partial charge in [-0.15, -0.1) is 0 Å². The van der Waals surface area contributed by atoms with Crippen LogP contribution in [0.2, 0.25) is 0 Å². The second-order valence-electron chi connectivity index (χ2n) is 4.04. The number of rotatable bonds is 4. The monoisotopic (exact) mass is 242 g/mol. The van der Waals surface area contributed by atoms with Crippen LogP contribution in [0.15, 0.2) is 42.5 Å². The molecular weight excluding hydrogens is 228 g/mol. The van der Waals surface area contributed by atoms with Crippen LogP contribution in [0.4, 0.5) is 0 Å². The first-order valence-corrected chi connectivity index (χ1v) is 5.75. The summed E-state index contributed by atoms with van der Waals surface area (Å²) in [6, 6.07) is 10.9.